The number of rotatable bonds is 10. The normalized spacial score (nSPS) is 10.7. The molecule has 0 radical (unpaired) electrons. The van der Waals surface area contributed by atoms with Crippen molar-refractivity contribution in [1.29, 1.82) is 0 Å². The number of hydrogen-bond donors (Lipinski definition) is 3. The van der Waals surface area contributed by atoms with Gasteiger partial charge in [0.25, 0.3) is 11.5 Å². The van der Waals surface area contributed by atoms with Crippen molar-refractivity contribution >= 4 is 29.0 Å². The van der Waals surface area contributed by atoms with E-state index in [2.05, 4.69) is 10.3 Å². The van der Waals surface area contributed by atoms with Gasteiger partial charge in [-0.05, 0) is 31.0 Å². The van der Waals surface area contributed by atoms with Crippen LogP contribution in [-0.4, -0.2) is 27.9 Å². The first-order valence-electron chi connectivity index (χ1n) is 10.6. The standard InChI is InChI=1S/C22H31N5O4/c1-4-6-8-13-26(21(30)16-10-9-11-17(14-16)24-15(3)28)18-19(23)27(12-7-5-2)22(31)25-20(18)29/h9-11,14H,4-8,12-13,23H2,1-3H3,(H,24,28)(H,25,29,31). The summed E-state index contributed by atoms with van der Waals surface area (Å²) in [6.07, 6.45) is 4.01. The van der Waals surface area contributed by atoms with Gasteiger partial charge in [0.15, 0.2) is 5.69 Å². The zero-order valence-corrected chi connectivity index (χ0v) is 18.4. The van der Waals surface area contributed by atoms with Gasteiger partial charge in [-0.1, -0.05) is 39.2 Å². The highest BCUT2D eigenvalue weighted by Gasteiger charge is 2.25. The second kappa shape index (κ2) is 11.1. The van der Waals surface area contributed by atoms with Gasteiger partial charge in [-0.15, -0.1) is 0 Å². The average molecular weight is 430 g/mol. The van der Waals surface area contributed by atoms with Crippen LogP contribution in [0.3, 0.4) is 0 Å². The lowest BCUT2D eigenvalue weighted by Crippen LogP contribution is -2.41. The van der Waals surface area contributed by atoms with Crippen LogP contribution in [0.25, 0.3) is 0 Å². The number of nitrogen functional groups attached to an aromatic ring is 1. The second-order valence-electron chi connectivity index (χ2n) is 7.42. The molecule has 31 heavy (non-hydrogen) atoms. The Morgan fingerprint density at radius 1 is 1.13 bits per heavy atom. The van der Waals surface area contributed by atoms with Crippen LogP contribution in [0.2, 0.25) is 0 Å². The maximum atomic E-state index is 13.4. The Morgan fingerprint density at radius 3 is 2.48 bits per heavy atom. The van der Waals surface area contributed by atoms with E-state index in [1.54, 1.807) is 24.3 Å². The van der Waals surface area contributed by atoms with Crippen molar-refractivity contribution in [2.24, 2.45) is 0 Å². The minimum absolute atomic E-state index is 0.0231. The van der Waals surface area contributed by atoms with E-state index in [0.717, 1.165) is 19.3 Å². The Morgan fingerprint density at radius 2 is 1.84 bits per heavy atom. The van der Waals surface area contributed by atoms with E-state index in [-0.39, 0.29) is 24.0 Å². The van der Waals surface area contributed by atoms with Crippen molar-refractivity contribution in [3.8, 4) is 0 Å². The quantitative estimate of drug-likeness (QED) is 0.500. The maximum Gasteiger partial charge on any atom is 0.330 e. The fourth-order valence-electron chi connectivity index (χ4n) is 3.30. The molecule has 1 aromatic heterocycles. The first-order valence-corrected chi connectivity index (χ1v) is 10.6. The first kappa shape index (κ1) is 23.9. The summed E-state index contributed by atoms with van der Waals surface area (Å²) >= 11 is 0. The number of nitrogens with zero attached hydrogens (tertiary/aromatic N) is 2. The third-order valence-electron chi connectivity index (χ3n) is 4.88. The van der Waals surface area contributed by atoms with Crippen LogP contribution in [0.4, 0.5) is 17.2 Å². The zero-order chi connectivity index (χ0) is 23.0. The van der Waals surface area contributed by atoms with E-state index in [1.165, 1.54) is 16.4 Å². The lowest BCUT2D eigenvalue weighted by Gasteiger charge is -2.25. The predicted octanol–water partition coefficient (Wildman–Crippen LogP) is 2.71. The lowest BCUT2D eigenvalue weighted by atomic mass is 10.1. The molecule has 0 saturated heterocycles. The number of aromatic nitrogens is 2. The Hall–Kier alpha value is -3.36. The van der Waals surface area contributed by atoms with Gasteiger partial charge in [0, 0.05) is 31.3 Å². The molecule has 1 heterocycles. The number of amides is 2. The molecule has 0 aliphatic heterocycles. The first-order chi connectivity index (χ1) is 14.8. The molecule has 0 bridgehead atoms. The number of hydrogen-bond acceptors (Lipinski definition) is 5. The van der Waals surface area contributed by atoms with E-state index in [1.807, 2.05) is 13.8 Å². The summed E-state index contributed by atoms with van der Waals surface area (Å²) in [4.78, 5) is 53.4. The molecular weight excluding hydrogens is 398 g/mol. The van der Waals surface area contributed by atoms with Crippen LogP contribution in [0.1, 0.15) is 63.2 Å². The average Bonchev–Trinajstić information content (AvgIpc) is 2.71. The van der Waals surface area contributed by atoms with Crippen molar-refractivity contribution < 1.29 is 9.59 Å². The smallest absolute Gasteiger partial charge is 0.330 e. The number of nitrogens with two attached hydrogens (primary N) is 1. The van der Waals surface area contributed by atoms with Gasteiger partial charge in [0.05, 0.1) is 0 Å². The van der Waals surface area contributed by atoms with E-state index in [9.17, 15) is 19.2 Å². The van der Waals surface area contributed by atoms with E-state index in [0.29, 0.717) is 30.6 Å². The summed E-state index contributed by atoms with van der Waals surface area (Å²) < 4.78 is 1.30. The fraction of sp³-hybridized carbons (Fsp3) is 0.455. The lowest BCUT2D eigenvalue weighted by molar-refractivity contribution is -0.114. The largest absolute Gasteiger partial charge is 0.383 e. The number of carbonyl (C=O) groups excluding carboxylic acids is 2. The van der Waals surface area contributed by atoms with E-state index in [4.69, 9.17) is 5.73 Å². The second-order valence-corrected chi connectivity index (χ2v) is 7.42. The summed E-state index contributed by atoms with van der Waals surface area (Å²) in [5.74, 6) is -0.709. The fourth-order valence-corrected chi connectivity index (χ4v) is 3.30. The van der Waals surface area contributed by atoms with Gasteiger partial charge in [0.2, 0.25) is 5.91 Å². The summed E-state index contributed by atoms with van der Waals surface area (Å²) in [5, 5.41) is 2.65. The summed E-state index contributed by atoms with van der Waals surface area (Å²) in [7, 11) is 0. The van der Waals surface area contributed by atoms with Gasteiger partial charge in [0.1, 0.15) is 5.82 Å². The van der Waals surface area contributed by atoms with Gasteiger partial charge in [-0.3, -0.25) is 23.9 Å². The third-order valence-corrected chi connectivity index (χ3v) is 4.88. The SMILES string of the molecule is CCCCCN(C(=O)c1cccc(NC(C)=O)c1)c1c(N)n(CCCC)c(=O)[nH]c1=O. The Kier molecular flexibility index (Phi) is 8.60. The molecule has 9 nitrogen and oxygen atoms in total. The van der Waals surface area contributed by atoms with Gasteiger partial charge in [-0.2, -0.15) is 0 Å². The number of nitrogens with one attached hydrogen (secondary N) is 2. The van der Waals surface area contributed by atoms with Gasteiger partial charge >= 0.3 is 5.69 Å². The van der Waals surface area contributed by atoms with E-state index >= 15 is 0 Å². The van der Waals surface area contributed by atoms with Crippen molar-refractivity contribution in [2.75, 3.05) is 22.5 Å². The van der Waals surface area contributed by atoms with Crippen LogP contribution >= 0.6 is 0 Å². The molecule has 0 unspecified atom stereocenters. The van der Waals surface area contributed by atoms with Crippen LogP contribution in [0.5, 0.6) is 0 Å². The molecule has 0 saturated carbocycles. The van der Waals surface area contributed by atoms with Crippen molar-refractivity contribution in [2.45, 2.75) is 59.4 Å². The number of carbonyl (C=O) groups is 2. The molecule has 0 fully saturated rings. The molecule has 4 N–H and O–H groups in total. The van der Waals surface area contributed by atoms with Crippen molar-refractivity contribution in [1.82, 2.24) is 9.55 Å². The Labute approximate surface area is 181 Å². The topological polar surface area (TPSA) is 130 Å². The third kappa shape index (κ3) is 6.07. The summed E-state index contributed by atoms with van der Waals surface area (Å²) in [6, 6.07) is 6.48. The monoisotopic (exact) mass is 429 g/mol. The van der Waals surface area contributed by atoms with Crippen molar-refractivity contribution in [3.05, 3.63) is 50.7 Å². The summed E-state index contributed by atoms with van der Waals surface area (Å²) in [5.41, 5.74) is 5.70. The zero-order valence-electron chi connectivity index (χ0n) is 18.4. The molecule has 0 aliphatic rings. The number of aromatic amines is 1. The molecule has 2 rings (SSSR count). The van der Waals surface area contributed by atoms with Gasteiger partial charge < -0.3 is 16.0 Å². The molecule has 0 atom stereocenters. The molecule has 2 aromatic rings. The number of unbranched alkanes of at least 4 members (excludes halogenated alkanes) is 3. The highest BCUT2D eigenvalue weighted by molar-refractivity contribution is 6.08. The summed E-state index contributed by atoms with van der Waals surface area (Å²) in [6.45, 7) is 6.02. The van der Waals surface area contributed by atoms with E-state index < -0.39 is 17.2 Å². The minimum atomic E-state index is -0.696. The molecule has 9 heteroatoms. The highest BCUT2D eigenvalue weighted by Crippen LogP contribution is 2.22. The predicted molar refractivity (Wildman–Crippen MR) is 123 cm³/mol. The van der Waals surface area contributed by atoms with Crippen LogP contribution < -0.4 is 27.2 Å². The molecule has 0 aliphatic carbocycles. The Bertz CT molecular complexity index is 1040. The van der Waals surface area contributed by atoms with Crippen LogP contribution in [0, 0.1) is 0 Å². The Balaban J connectivity index is 2.54. The number of benzene rings is 1. The van der Waals surface area contributed by atoms with Crippen molar-refractivity contribution in [3.63, 3.8) is 0 Å². The molecular formula is C22H31N5O4. The minimum Gasteiger partial charge on any atom is -0.383 e. The van der Waals surface area contributed by atoms with Gasteiger partial charge in [-0.25, -0.2) is 4.79 Å². The van der Waals surface area contributed by atoms with Crippen LogP contribution in [0.15, 0.2) is 33.9 Å². The molecule has 0 spiro atoms. The molecule has 168 valence electrons. The maximum absolute atomic E-state index is 13.4. The molecule has 1 aromatic carbocycles. The number of H-pyrrole nitrogens is 1. The highest BCUT2D eigenvalue weighted by atomic mass is 16.2. The van der Waals surface area contributed by atoms with Crippen LogP contribution in [-0.2, 0) is 11.3 Å². The molecule has 2 amide bonds. The number of anilines is 3.